The SMILES string of the molecule is [2H]N1C(=O)CC[C@H]1C. The summed E-state index contributed by atoms with van der Waals surface area (Å²) in [6.45, 7) is 1.89. The number of carbonyl (C=O) groups excluding carboxylic acids is 1. The normalized spacial score (nSPS) is 33.9. The van der Waals surface area contributed by atoms with E-state index in [9.17, 15) is 4.79 Å². The first-order valence-electron chi connectivity index (χ1n) is 2.97. The van der Waals surface area contributed by atoms with Crippen LogP contribution in [0, 0.1) is 0 Å². The van der Waals surface area contributed by atoms with E-state index in [2.05, 4.69) is 0 Å². The minimum absolute atomic E-state index is 0.0440. The predicted molar refractivity (Wildman–Crippen MR) is 26.8 cm³/mol. The molecule has 1 amide bonds. The van der Waals surface area contributed by atoms with Crippen LogP contribution in [0.3, 0.4) is 0 Å². The molecule has 0 aromatic rings. The first-order chi connectivity index (χ1) is 3.72. The maximum Gasteiger partial charge on any atom is 0.220 e. The van der Waals surface area contributed by atoms with E-state index in [0.29, 0.717) is 6.42 Å². The second kappa shape index (κ2) is 1.52. The molecular formula is C5H9NO. The average molecular weight is 100 g/mol. The van der Waals surface area contributed by atoms with E-state index in [-0.39, 0.29) is 11.9 Å². The maximum absolute atomic E-state index is 10.5. The predicted octanol–water partition coefficient (Wildman–Crippen LogP) is 0.285. The number of rotatable bonds is 0. The molecular weight excluding hydrogens is 90.1 g/mol. The summed E-state index contributed by atoms with van der Waals surface area (Å²) in [5, 5.41) is 1.06. The Morgan fingerprint density at radius 3 is 3.00 bits per heavy atom. The van der Waals surface area contributed by atoms with E-state index in [1.54, 1.807) is 0 Å². The highest BCUT2D eigenvalue weighted by Crippen LogP contribution is 2.03. The smallest absolute Gasteiger partial charge is 0.220 e. The number of hydrogen-bond acceptors (Lipinski definition) is 1. The third-order valence-corrected chi connectivity index (χ3v) is 1.14. The summed E-state index contributed by atoms with van der Waals surface area (Å²) in [6.07, 6.45) is 1.41. The summed E-state index contributed by atoms with van der Waals surface area (Å²) in [4.78, 5) is 10.5. The minimum Gasteiger partial charge on any atom is -0.354 e. The van der Waals surface area contributed by atoms with Gasteiger partial charge >= 0.3 is 0 Å². The molecule has 2 heteroatoms. The van der Waals surface area contributed by atoms with E-state index < -0.39 is 0 Å². The Kier molecular flexibility index (Phi) is 0.755. The lowest BCUT2D eigenvalue weighted by Gasteiger charge is -1.95. The van der Waals surface area contributed by atoms with Crippen molar-refractivity contribution in [2.75, 3.05) is 0 Å². The van der Waals surface area contributed by atoms with E-state index >= 15 is 0 Å². The van der Waals surface area contributed by atoms with Gasteiger partial charge in [-0.05, 0) is 13.3 Å². The molecule has 0 aromatic heterocycles. The average Bonchev–Trinajstić information content (AvgIpc) is 1.98. The van der Waals surface area contributed by atoms with E-state index in [0.717, 1.165) is 11.7 Å². The van der Waals surface area contributed by atoms with Gasteiger partial charge in [0.05, 0.1) is 0 Å². The lowest BCUT2D eigenvalue weighted by atomic mass is 10.3. The van der Waals surface area contributed by atoms with Crippen LogP contribution in [0.2, 0.25) is 1.41 Å². The summed E-state index contributed by atoms with van der Waals surface area (Å²) in [7, 11) is 0. The van der Waals surface area contributed by atoms with E-state index in [1.165, 1.54) is 0 Å². The number of amides is 1. The Bertz CT molecular complexity index is 115. The molecule has 0 unspecified atom stereocenters. The fraction of sp³-hybridized carbons (Fsp3) is 0.800. The second-order valence-corrected chi connectivity index (χ2v) is 1.91. The van der Waals surface area contributed by atoms with Gasteiger partial charge in [-0.1, -0.05) is 0 Å². The molecule has 1 rings (SSSR count). The fourth-order valence-corrected chi connectivity index (χ4v) is 0.707. The molecule has 0 spiro atoms. The first-order valence-corrected chi connectivity index (χ1v) is 2.53. The van der Waals surface area contributed by atoms with Crippen molar-refractivity contribution in [3.63, 3.8) is 0 Å². The molecule has 2 nitrogen and oxygen atoms in total. The molecule has 1 aliphatic heterocycles. The molecule has 0 saturated carbocycles. The molecule has 1 atom stereocenters. The maximum atomic E-state index is 10.5. The van der Waals surface area contributed by atoms with Crippen LogP contribution in [-0.2, 0) is 4.79 Å². The topological polar surface area (TPSA) is 29.1 Å². The van der Waals surface area contributed by atoms with Gasteiger partial charge < -0.3 is 5.31 Å². The zero-order valence-electron chi connectivity index (χ0n) is 5.35. The lowest BCUT2D eigenvalue weighted by Crippen LogP contribution is -2.21. The van der Waals surface area contributed by atoms with Gasteiger partial charge in [0.25, 0.3) is 0 Å². The van der Waals surface area contributed by atoms with Crippen molar-refractivity contribution >= 4 is 5.91 Å². The highest BCUT2D eigenvalue weighted by molar-refractivity contribution is 5.78. The molecule has 0 aromatic carbocycles. The summed E-state index contributed by atoms with van der Waals surface area (Å²) in [5.74, 6) is -0.0440. The molecule has 1 fully saturated rings. The lowest BCUT2D eigenvalue weighted by molar-refractivity contribution is -0.119. The third kappa shape index (κ3) is 0.918. The van der Waals surface area contributed by atoms with Gasteiger partial charge in [-0.2, -0.15) is 0 Å². The first kappa shape index (κ1) is 3.47. The molecule has 7 heavy (non-hydrogen) atoms. The van der Waals surface area contributed by atoms with Gasteiger partial charge in [0.15, 0.2) is 1.41 Å². The molecule has 0 radical (unpaired) electrons. The molecule has 1 N–H and O–H groups in total. The molecule has 1 aliphatic rings. The summed E-state index contributed by atoms with van der Waals surface area (Å²) < 4.78 is 7.03. The molecule has 0 bridgehead atoms. The summed E-state index contributed by atoms with van der Waals surface area (Å²) in [5.41, 5.74) is 0. The van der Waals surface area contributed by atoms with E-state index in [4.69, 9.17) is 1.41 Å². The van der Waals surface area contributed by atoms with Crippen molar-refractivity contribution in [1.82, 2.24) is 5.31 Å². The van der Waals surface area contributed by atoms with Crippen molar-refractivity contribution in [3.05, 3.63) is 0 Å². The van der Waals surface area contributed by atoms with Crippen LogP contribution in [-0.4, -0.2) is 11.9 Å². The van der Waals surface area contributed by atoms with Crippen LogP contribution in [0.15, 0.2) is 0 Å². The highest BCUT2D eigenvalue weighted by atomic mass is 16.1. The van der Waals surface area contributed by atoms with Crippen molar-refractivity contribution in [3.8, 4) is 0 Å². The van der Waals surface area contributed by atoms with Crippen LogP contribution < -0.4 is 5.31 Å². The Morgan fingerprint density at radius 1 is 2.14 bits per heavy atom. The van der Waals surface area contributed by atoms with Gasteiger partial charge in [0.2, 0.25) is 5.91 Å². The van der Waals surface area contributed by atoms with Gasteiger partial charge in [-0.25, -0.2) is 0 Å². The number of nitrogens with one attached hydrogen (secondary N) is 1. The highest BCUT2D eigenvalue weighted by Gasteiger charge is 2.14. The monoisotopic (exact) mass is 100 g/mol. The van der Waals surface area contributed by atoms with Crippen molar-refractivity contribution in [1.29, 1.82) is 0 Å². The van der Waals surface area contributed by atoms with Crippen LogP contribution in [0.25, 0.3) is 0 Å². The third-order valence-electron chi connectivity index (χ3n) is 1.14. The van der Waals surface area contributed by atoms with Gasteiger partial charge in [0, 0.05) is 12.5 Å². The standard InChI is InChI=1S/C5H9NO/c1-4-2-3-5(7)6-4/h4H,2-3H2,1H3,(H,6,7)/t4-/m1/s1/i/hD. The second-order valence-electron chi connectivity index (χ2n) is 1.91. The van der Waals surface area contributed by atoms with Crippen LogP contribution in [0.4, 0.5) is 0 Å². The van der Waals surface area contributed by atoms with Crippen molar-refractivity contribution in [2.45, 2.75) is 25.8 Å². The van der Waals surface area contributed by atoms with Gasteiger partial charge in [-0.15, -0.1) is 0 Å². The van der Waals surface area contributed by atoms with Crippen LogP contribution in [0.5, 0.6) is 0 Å². The Balaban J connectivity index is 2.56. The van der Waals surface area contributed by atoms with Crippen LogP contribution >= 0.6 is 0 Å². The number of hydrogen-bond donors (Lipinski definition) is 1. The van der Waals surface area contributed by atoms with Gasteiger partial charge in [0.1, 0.15) is 0 Å². The summed E-state index contributed by atoms with van der Waals surface area (Å²) in [6, 6.07) is 0.141. The quantitative estimate of drug-likeness (QED) is 0.465. The Labute approximate surface area is 44.4 Å². The molecule has 1 heterocycles. The Hall–Kier alpha value is -0.530. The fourth-order valence-electron chi connectivity index (χ4n) is 0.707. The van der Waals surface area contributed by atoms with E-state index in [1.807, 2.05) is 6.92 Å². The zero-order valence-corrected chi connectivity index (χ0v) is 4.35. The van der Waals surface area contributed by atoms with Crippen molar-refractivity contribution < 1.29 is 6.21 Å². The number of carbonyl (C=O) groups is 1. The minimum atomic E-state index is -0.0440. The Morgan fingerprint density at radius 2 is 2.86 bits per heavy atom. The molecule has 40 valence electrons. The largest absolute Gasteiger partial charge is 0.354 e. The summed E-state index contributed by atoms with van der Waals surface area (Å²) >= 11 is 0. The molecule has 0 aliphatic carbocycles. The van der Waals surface area contributed by atoms with Crippen LogP contribution in [0.1, 0.15) is 19.8 Å². The van der Waals surface area contributed by atoms with Gasteiger partial charge in [-0.3, -0.25) is 4.79 Å². The zero-order chi connectivity index (χ0) is 6.15. The van der Waals surface area contributed by atoms with Crippen molar-refractivity contribution in [2.24, 2.45) is 0 Å². The molecule has 1 saturated heterocycles.